The topological polar surface area (TPSA) is 85.2 Å². The maximum absolute atomic E-state index is 13.5. The Balaban J connectivity index is 1.72. The van der Waals surface area contributed by atoms with Gasteiger partial charge in [0.1, 0.15) is 11.9 Å². The number of hydrogen-bond donors (Lipinski definition) is 2. The maximum atomic E-state index is 13.5. The number of urea groups is 1. The Labute approximate surface area is 177 Å². The average molecular weight is 430 g/mol. The van der Waals surface area contributed by atoms with Crippen LogP contribution in [0, 0.1) is 17.1 Å². The lowest BCUT2D eigenvalue weighted by atomic mass is 10.0. The largest absolute Gasteiger partial charge is 0.340 e. The van der Waals surface area contributed by atoms with Gasteiger partial charge in [-0.3, -0.25) is 4.79 Å². The molecule has 2 N–H and O–H groups in total. The summed E-state index contributed by atoms with van der Waals surface area (Å²) in [6.45, 7) is -0.200. The van der Waals surface area contributed by atoms with Crippen molar-refractivity contribution in [3.8, 4) is 6.07 Å². The number of nitrogens with zero attached hydrogens (tertiary/aromatic N) is 2. The molecule has 1 saturated heterocycles. The number of nitriles is 1. The molecule has 1 aliphatic heterocycles. The van der Waals surface area contributed by atoms with Gasteiger partial charge in [-0.15, -0.1) is 0 Å². The van der Waals surface area contributed by atoms with Crippen LogP contribution in [0.1, 0.15) is 24.0 Å². The monoisotopic (exact) mass is 430 g/mol. The first-order chi connectivity index (χ1) is 14.8. The van der Waals surface area contributed by atoms with Crippen LogP contribution >= 0.6 is 0 Å². The van der Waals surface area contributed by atoms with Crippen molar-refractivity contribution in [1.82, 2.24) is 10.2 Å². The zero-order chi connectivity index (χ0) is 22.4. The highest BCUT2D eigenvalue weighted by Gasteiger charge is 2.37. The molecule has 0 aliphatic carbocycles. The fourth-order valence-electron chi connectivity index (χ4n) is 3.28. The lowest BCUT2D eigenvalue weighted by Gasteiger charge is -2.34. The van der Waals surface area contributed by atoms with Gasteiger partial charge in [0, 0.05) is 38.0 Å². The van der Waals surface area contributed by atoms with E-state index in [1.54, 1.807) is 24.3 Å². The summed E-state index contributed by atoms with van der Waals surface area (Å²) in [5, 5.41) is 14.0. The van der Waals surface area contributed by atoms with Crippen LogP contribution in [0.2, 0.25) is 0 Å². The second kappa shape index (κ2) is 9.51. The van der Waals surface area contributed by atoms with E-state index in [9.17, 15) is 22.8 Å². The number of anilines is 1. The van der Waals surface area contributed by atoms with E-state index in [0.29, 0.717) is 16.8 Å². The number of amides is 3. The van der Waals surface area contributed by atoms with Crippen LogP contribution in [0.15, 0.2) is 48.5 Å². The molecule has 6 nitrogen and oxygen atoms in total. The van der Waals surface area contributed by atoms with Crippen LogP contribution < -0.4 is 10.6 Å². The van der Waals surface area contributed by atoms with E-state index in [-0.39, 0.29) is 19.5 Å². The van der Waals surface area contributed by atoms with Crippen molar-refractivity contribution in [1.29, 1.82) is 5.26 Å². The van der Waals surface area contributed by atoms with Gasteiger partial charge in [0.05, 0.1) is 11.6 Å². The fraction of sp³-hybridized carbons (Fsp3) is 0.318. The fourth-order valence-corrected chi connectivity index (χ4v) is 3.28. The van der Waals surface area contributed by atoms with E-state index in [2.05, 4.69) is 10.6 Å². The average Bonchev–Trinajstić information content (AvgIpc) is 2.75. The molecule has 31 heavy (non-hydrogen) atoms. The van der Waals surface area contributed by atoms with Crippen molar-refractivity contribution in [2.75, 3.05) is 18.4 Å². The van der Waals surface area contributed by atoms with Gasteiger partial charge >= 0.3 is 6.03 Å². The summed E-state index contributed by atoms with van der Waals surface area (Å²) >= 11 is 0. The Morgan fingerprint density at radius 1 is 1.06 bits per heavy atom. The third-order valence-corrected chi connectivity index (χ3v) is 5.04. The lowest BCUT2D eigenvalue weighted by molar-refractivity contribution is -0.139. The van der Waals surface area contributed by atoms with Gasteiger partial charge in [-0.25, -0.2) is 18.0 Å². The van der Waals surface area contributed by atoms with Gasteiger partial charge in [-0.1, -0.05) is 12.1 Å². The van der Waals surface area contributed by atoms with E-state index in [1.165, 1.54) is 29.2 Å². The molecule has 2 aromatic carbocycles. The molecule has 1 aliphatic rings. The van der Waals surface area contributed by atoms with Crippen LogP contribution in [0.4, 0.5) is 23.7 Å². The van der Waals surface area contributed by atoms with Gasteiger partial charge in [-0.2, -0.15) is 5.26 Å². The number of piperidine rings is 1. The highest BCUT2D eigenvalue weighted by Crippen LogP contribution is 2.28. The molecule has 0 radical (unpaired) electrons. The molecule has 0 spiro atoms. The molecular formula is C22H21F3N4O2. The second-order valence-corrected chi connectivity index (χ2v) is 7.35. The van der Waals surface area contributed by atoms with E-state index in [4.69, 9.17) is 5.26 Å². The Morgan fingerprint density at radius 2 is 1.68 bits per heavy atom. The summed E-state index contributed by atoms with van der Waals surface area (Å²) in [6.07, 6.45) is -0.734. The number of carbonyl (C=O) groups excluding carboxylic acids is 2. The van der Waals surface area contributed by atoms with Gasteiger partial charge in [0.2, 0.25) is 5.91 Å². The van der Waals surface area contributed by atoms with Crippen LogP contribution in [0.5, 0.6) is 0 Å². The number of hydrogen-bond acceptors (Lipinski definition) is 3. The predicted molar refractivity (Wildman–Crippen MR) is 108 cm³/mol. The molecule has 2 aromatic rings. The summed E-state index contributed by atoms with van der Waals surface area (Å²) in [7, 11) is 0. The number of benzene rings is 2. The molecule has 0 saturated carbocycles. The first kappa shape index (κ1) is 22.2. The van der Waals surface area contributed by atoms with Crippen molar-refractivity contribution in [2.24, 2.45) is 0 Å². The molecule has 3 rings (SSSR count). The van der Waals surface area contributed by atoms with Crippen LogP contribution in [0.3, 0.4) is 0 Å². The molecule has 1 atom stereocenters. The zero-order valence-electron chi connectivity index (χ0n) is 16.6. The summed E-state index contributed by atoms with van der Waals surface area (Å²) in [5.41, 5.74) is 1.48. The normalized spacial score (nSPS) is 16.1. The zero-order valence-corrected chi connectivity index (χ0v) is 16.6. The Morgan fingerprint density at radius 3 is 2.26 bits per heavy atom. The molecule has 0 aromatic heterocycles. The van der Waals surface area contributed by atoms with E-state index >= 15 is 0 Å². The Kier molecular flexibility index (Phi) is 6.80. The first-order valence-electron chi connectivity index (χ1n) is 9.74. The highest BCUT2D eigenvalue weighted by molar-refractivity contribution is 5.93. The van der Waals surface area contributed by atoms with Crippen molar-refractivity contribution < 1.29 is 22.8 Å². The first-order valence-corrected chi connectivity index (χ1v) is 9.74. The number of likely N-dealkylation sites (tertiary alicyclic amines) is 1. The summed E-state index contributed by atoms with van der Waals surface area (Å²) in [5.74, 6) is -3.72. The third-order valence-electron chi connectivity index (χ3n) is 5.04. The summed E-state index contributed by atoms with van der Waals surface area (Å²) in [4.78, 5) is 26.8. The molecule has 0 bridgehead atoms. The van der Waals surface area contributed by atoms with E-state index < -0.39 is 42.6 Å². The van der Waals surface area contributed by atoms with Crippen molar-refractivity contribution in [3.05, 3.63) is 65.5 Å². The molecule has 1 fully saturated rings. The quantitative estimate of drug-likeness (QED) is 0.759. The van der Waals surface area contributed by atoms with Gasteiger partial charge < -0.3 is 15.5 Å². The number of nitrogens with one attached hydrogen (secondary N) is 2. The van der Waals surface area contributed by atoms with Crippen molar-refractivity contribution in [3.63, 3.8) is 0 Å². The predicted octanol–water partition coefficient (Wildman–Crippen LogP) is 3.69. The van der Waals surface area contributed by atoms with Crippen LogP contribution in [-0.2, 0) is 11.2 Å². The summed E-state index contributed by atoms with van der Waals surface area (Å²) < 4.78 is 40.0. The Hall–Kier alpha value is -3.54. The number of rotatable bonds is 5. The second-order valence-electron chi connectivity index (χ2n) is 7.35. The smallest absolute Gasteiger partial charge is 0.319 e. The van der Waals surface area contributed by atoms with Gasteiger partial charge in [-0.05, 0) is 42.0 Å². The van der Waals surface area contributed by atoms with E-state index in [1.807, 2.05) is 6.07 Å². The summed E-state index contributed by atoms with van der Waals surface area (Å²) in [6, 6.07) is 12.0. The molecule has 9 heteroatoms. The lowest BCUT2D eigenvalue weighted by Crippen LogP contribution is -2.53. The van der Waals surface area contributed by atoms with Crippen molar-refractivity contribution in [2.45, 2.75) is 31.2 Å². The minimum absolute atomic E-state index is 0.100. The van der Waals surface area contributed by atoms with Crippen LogP contribution in [-0.4, -0.2) is 41.9 Å². The minimum Gasteiger partial charge on any atom is -0.340 e. The number of halogens is 3. The van der Waals surface area contributed by atoms with Gasteiger partial charge in [0.15, 0.2) is 0 Å². The SMILES string of the molecule is N#Cc1ccc(C[C@@H](NC(=O)Nc2ccc(F)cc2)C(=O)N2CCC(F)(F)CC2)cc1. The molecule has 0 unspecified atom stereocenters. The standard InChI is InChI=1S/C22H21F3N4O2/c23-17-5-7-18(8-6-17)27-21(31)28-19(13-15-1-3-16(14-26)4-2-15)20(30)29-11-9-22(24,25)10-12-29/h1-8,19H,9-13H2,(H2,27,28,31)/t19-/m1/s1. The molecule has 1 heterocycles. The van der Waals surface area contributed by atoms with Crippen LogP contribution in [0.25, 0.3) is 0 Å². The Bertz CT molecular complexity index is 962. The maximum Gasteiger partial charge on any atom is 0.319 e. The number of carbonyl (C=O) groups is 2. The molecular weight excluding hydrogens is 409 g/mol. The van der Waals surface area contributed by atoms with Gasteiger partial charge in [0.25, 0.3) is 5.92 Å². The molecule has 162 valence electrons. The molecule has 3 amide bonds. The van der Waals surface area contributed by atoms with Crippen molar-refractivity contribution >= 4 is 17.6 Å². The van der Waals surface area contributed by atoms with E-state index in [0.717, 1.165) is 0 Å². The third kappa shape index (κ3) is 6.22. The highest BCUT2D eigenvalue weighted by atomic mass is 19.3. The number of alkyl halides is 2. The minimum atomic E-state index is -2.80.